The van der Waals surface area contributed by atoms with E-state index in [9.17, 15) is 4.79 Å². The van der Waals surface area contributed by atoms with Crippen LogP contribution in [0, 0.1) is 0 Å². The highest BCUT2D eigenvalue weighted by Gasteiger charge is 2.14. The molecular formula is C16H10BrCl2N3O2S. The number of carbonyl (C=O) groups is 1. The Bertz CT molecular complexity index is 920. The fourth-order valence-corrected chi connectivity index (χ4v) is 3.35. The van der Waals surface area contributed by atoms with Gasteiger partial charge in [-0.3, -0.25) is 4.79 Å². The van der Waals surface area contributed by atoms with Crippen LogP contribution in [0.25, 0.3) is 11.5 Å². The normalized spacial score (nSPS) is 10.7. The average molecular weight is 459 g/mol. The van der Waals surface area contributed by atoms with Crippen molar-refractivity contribution in [3.05, 3.63) is 57.0 Å². The molecule has 0 aliphatic carbocycles. The summed E-state index contributed by atoms with van der Waals surface area (Å²) in [4.78, 5) is 12.0. The number of para-hydroxylation sites is 1. The topological polar surface area (TPSA) is 68.0 Å². The van der Waals surface area contributed by atoms with Crippen LogP contribution in [0.3, 0.4) is 0 Å². The van der Waals surface area contributed by atoms with Crippen LogP contribution in [0.4, 0.5) is 5.69 Å². The van der Waals surface area contributed by atoms with Gasteiger partial charge < -0.3 is 9.73 Å². The van der Waals surface area contributed by atoms with E-state index in [4.69, 9.17) is 27.6 Å². The lowest BCUT2D eigenvalue weighted by Crippen LogP contribution is -2.14. The molecule has 0 bridgehead atoms. The number of hydrogen-bond acceptors (Lipinski definition) is 5. The molecule has 3 aromatic rings. The van der Waals surface area contributed by atoms with Gasteiger partial charge in [-0.25, -0.2) is 0 Å². The molecule has 1 N–H and O–H groups in total. The quantitative estimate of drug-likeness (QED) is 0.508. The maximum atomic E-state index is 12.0. The Labute approximate surface area is 166 Å². The molecule has 0 atom stereocenters. The van der Waals surface area contributed by atoms with Gasteiger partial charge >= 0.3 is 0 Å². The summed E-state index contributed by atoms with van der Waals surface area (Å²) < 4.78 is 6.35. The van der Waals surface area contributed by atoms with Gasteiger partial charge in [0.25, 0.3) is 5.22 Å². The molecule has 1 aromatic heterocycles. The first-order valence-corrected chi connectivity index (χ1v) is 9.52. The molecule has 2 aromatic carbocycles. The first-order chi connectivity index (χ1) is 12.0. The van der Waals surface area contributed by atoms with Crippen LogP contribution < -0.4 is 5.32 Å². The van der Waals surface area contributed by atoms with Crippen molar-refractivity contribution in [2.75, 3.05) is 11.1 Å². The van der Waals surface area contributed by atoms with E-state index in [0.29, 0.717) is 21.3 Å². The lowest BCUT2D eigenvalue weighted by atomic mass is 10.2. The van der Waals surface area contributed by atoms with Crippen molar-refractivity contribution in [3.8, 4) is 11.5 Å². The summed E-state index contributed by atoms with van der Waals surface area (Å²) in [6.45, 7) is 0. The number of anilines is 1. The summed E-state index contributed by atoms with van der Waals surface area (Å²) in [7, 11) is 0. The Morgan fingerprint density at radius 1 is 1.20 bits per heavy atom. The van der Waals surface area contributed by atoms with Crippen LogP contribution in [-0.4, -0.2) is 21.9 Å². The second-order valence-electron chi connectivity index (χ2n) is 4.81. The summed E-state index contributed by atoms with van der Waals surface area (Å²) >= 11 is 16.5. The smallest absolute Gasteiger partial charge is 0.277 e. The zero-order valence-corrected chi connectivity index (χ0v) is 16.4. The van der Waals surface area contributed by atoms with E-state index in [0.717, 1.165) is 16.2 Å². The third kappa shape index (κ3) is 4.76. The molecule has 0 saturated carbocycles. The number of amides is 1. The summed E-state index contributed by atoms with van der Waals surface area (Å²) in [6, 6.07) is 12.4. The Balaban J connectivity index is 1.62. The minimum Gasteiger partial charge on any atom is -0.411 e. The fraction of sp³-hybridized carbons (Fsp3) is 0.0625. The van der Waals surface area contributed by atoms with E-state index >= 15 is 0 Å². The Hall–Kier alpha value is -1.54. The van der Waals surface area contributed by atoms with Crippen LogP contribution in [0.5, 0.6) is 0 Å². The second kappa shape index (κ2) is 8.23. The number of aromatic nitrogens is 2. The fourth-order valence-electron chi connectivity index (χ4n) is 1.92. The van der Waals surface area contributed by atoms with E-state index < -0.39 is 0 Å². The Morgan fingerprint density at radius 3 is 2.76 bits per heavy atom. The van der Waals surface area contributed by atoms with Crippen molar-refractivity contribution in [1.29, 1.82) is 0 Å². The highest BCUT2D eigenvalue weighted by Crippen LogP contribution is 2.31. The molecule has 0 aliphatic heterocycles. The van der Waals surface area contributed by atoms with Crippen LogP contribution in [0.2, 0.25) is 10.0 Å². The van der Waals surface area contributed by atoms with Gasteiger partial charge in [0, 0.05) is 9.50 Å². The van der Waals surface area contributed by atoms with Crippen LogP contribution in [-0.2, 0) is 4.79 Å². The number of rotatable bonds is 5. The van der Waals surface area contributed by atoms with Crippen molar-refractivity contribution in [2.45, 2.75) is 5.22 Å². The largest absolute Gasteiger partial charge is 0.411 e. The van der Waals surface area contributed by atoms with Crippen molar-refractivity contribution < 1.29 is 9.21 Å². The van der Waals surface area contributed by atoms with Gasteiger partial charge in [0.15, 0.2) is 0 Å². The summed E-state index contributed by atoms with van der Waals surface area (Å²) in [5.74, 6) is 0.230. The molecule has 0 saturated heterocycles. The van der Waals surface area contributed by atoms with Gasteiger partial charge in [0.2, 0.25) is 11.8 Å². The van der Waals surface area contributed by atoms with Crippen LogP contribution in [0.1, 0.15) is 0 Å². The molecule has 1 heterocycles. The number of halogens is 3. The van der Waals surface area contributed by atoms with E-state index in [1.807, 2.05) is 18.2 Å². The van der Waals surface area contributed by atoms with Crippen LogP contribution in [0.15, 0.2) is 56.6 Å². The van der Waals surface area contributed by atoms with Crippen molar-refractivity contribution in [3.63, 3.8) is 0 Å². The molecule has 5 nitrogen and oxygen atoms in total. The number of benzene rings is 2. The summed E-state index contributed by atoms with van der Waals surface area (Å²) in [5, 5.41) is 11.9. The van der Waals surface area contributed by atoms with Gasteiger partial charge in [-0.2, -0.15) is 0 Å². The Morgan fingerprint density at radius 2 is 2.00 bits per heavy atom. The molecule has 128 valence electrons. The SMILES string of the molecule is O=C(CSc1nnc(-c2ccc(Cl)cc2Cl)o1)Nc1ccccc1Br. The van der Waals surface area contributed by atoms with Gasteiger partial charge in [-0.05, 0) is 46.3 Å². The molecular weight excluding hydrogens is 449 g/mol. The molecule has 0 aliphatic rings. The Kier molecular flexibility index (Phi) is 6.01. The molecule has 1 amide bonds. The predicted octanol–water partition coefficient (Wildman–Crippen LogP) is 5.54. The second-order valence-corrected chi connectivity index (χ2v) is 7.44. The minimum absolute atomic E-state index is 0.136. The van der Waals surface area contributed by atoms with Gasteiger partial charge in [0.1, 0.15) is 0 Å². The molecule has 0 radical (unpaired) electrons. The van der Waals surface area contributed by atoms with Crippen molar-refractivity contribution in [2.24, 2.45) is 0 Å². The zero-order chi connectivity index (χ0) is 17.8. The van der Waals surface area contributed by atoms with Crippen LogP contribution >= 0.6 is 50.9 Å². The lowest BCUT2D eigenvalue weighted by Gasteiger charge is -2.05. The summed E-state index contributed by atoms with van der Waals surface area (Å²) in [5.41, 5.74) is 1.29. The third-order valence-corrected chi connectivity index (χ3v) is 5.10. The van der Waals surface area contributed by atoms with E-state index in [1.54, 1.807) is 24.3 Å². The first-order valence-electron chi connectivity index (χ1n) is 6.99. The van der Waals surface area contributed by atoms with E-state index in [-0.39, 0.29) is 22.8 Å². The molecule has 0 unspecified atom stereocenters. The zero-order valence-electron chi connectivity index (χ0n) is 12.5. The van der Waals surface area contributed by atoms with Crippen molar-refractivity contribution >= 4 is 62.5 Å². The number of carbonyl (C=O) groups excluding carboxylic acids is 1. The third-order valence-electron chi connectivity index (χ3n) is 3.04. The number of hydrogen-bond donors (Lipinski definition) is 1. The highest BCUT2D eigenvalue weighted by atomic mass is 79.9. The number of thioether (sulfide) groups is 1. The number of nitrogens with one attached hydrogen (secondary N) is 1. The summed E-state index contributed by atoms with van der Waals surface area (Å²) in [6.07, 6.45) is 0. The van der Waals surface area contributed by atoms with Gasteiger partial charge in [-0.1, -0.05) is 47.1 Å². The first kappa shape index (κ1) is 18.3. The molecule has 25 heavy (non-hydrogen) atoms. The van der Waals surface area contributed by atoms with Crippen molar-refractivity contribution in [1.82, 2.24) is 10.2 Å². The monoisotopic (exact) mass is 457 g/mol. The average Bonchev–Trinajstić information content (AvgIpc) is 3.04. The molecule has 0 spiro atoms. The lowest BCUT2D eigenvalue weighted by molar-refractivity contribution is -0.113. The maximum Gasteiger partial charge on any atom is 0.277 e. The molecule has 0 fully saturated rings. The predicted molar refractivity (Wildman–Crippen MR) is 103 cm³/mol. The minimum atomic E-state index is -0.179. The molecule has 9 heteroatoms. The standard InChI is InChI=1S/C16H10BrCl2N3O2S/c17-11-3-1-2-4-13(11)20-14(23)8-25-16-22-21-15(24-16)10-6-5-9(18)7-12(10)19/h1-7H,8H2,(H,20,23). The molecule has 3 rings (SSSR count). The van der Waals surface area contributed by atoms with E-state index in [2.05, 4.69) is 31.4 Å². The highest BCUT2D eigenvalue weighted by molar-refractivity contribution is 9.10. The van der Waals surface area contributed by atoms with E-state index in [1.165, 1.54) is 0 Å². The number of nitrogens with zero attached hydrogens (tertiary/aromatic N) is 2. The van der Waals surface area contributed by atoms with Gasteiger partial charge in [-0.15, -0.1) is 10.2 Å². The van der Waals surface area contributed by atoms with Gasteiger partial charge in [0.05, 0.1) is 22.0 Å². The maximum absolute atomic E-state index is 12.0.